The number of hydrogen-bond donors (Lipinski definition) is 1. The van der Waals surface area contributed by atoms with Gasteiger partial charge in [-0.2, -0.15) is 0 Å². The summed E-state index contributed by atoms with van der Waals surface area (Å²) in [6.07, 6.45) is 0. The van der Waals surface area contributed by atoms with Crippen molar-refractivity contribution in [2.24, 2.45) is 0 Å². The summed E-state index contributed by atoms with van der Waals surface area (Å²) < 4.78 is 2.12. The van der Waals surface area contributed by atoms with E-state index in [9.17, 15) is 4.79 Å². The van der Waals surface area contributed by atoms with Gasteiger partial charge >= 0.3 is 0 Å². The molecule has 148 valence electrons. The van der Waals surface area contributed by atoms with Crippen molar-refractivity contribution in [1.29, 1.82) is 0 Å². The molecule has 4 nitrogen and oxygen atoms in total. The van der Waals surface area contributed by atoms with Crippen LogP contribution in [-0.4, -0.2) is 15.5 Å². The van der Waals surface area contributed by atoms with Gasteiger partial charge in [-0.25, -0.2) is 4.98 Å². The fraction of sp³-hybridized carbons (Fsp3) is 0.0769. The maximum absolute atomic E-state index is 12.1. The Bertz CT molecular complexity index is 1160. The minimum atomic E-state index is -0.180. The van der Waals surface area contributed by atoms with E-state index in [4.69, 9.17) is 4.98 Å². The molecule has 0 saturated heterocycles. The largest absolute Gasteiger partial charge is 0.345 e. The molecule has 30 heavy (non-hydrogen) atoms. The number of carbonyl (C=O) groups excluding carboxylic acids is 1. The first-order valence-corrected chi connectivity index (χ1v) is 9.86. The van der Waals surface area contributed by atoms with Crippen LogP contribution in [-0.2, 0) is 11.3 Å². The fourth-order valence-electron chi connectivity index (χ4n) is 3.41. The molecule has 0 spiro atoms. The molecule has 3 aromatic carbocycles. The lowest BCUT2D eigenvalue weighted by atomic mass is 10.0. The van der Waals surface area contributed by atoms with Crippen molar-refractivity contribution in [1.82, 2.24) is 14.9 Å². The predicted molar refractivity (Wildman–Crippen MR) is 121 cm³/mol. The summed E-state index contributed by atoms with van der Waals surface area (Å²) in [5.74, 6) is 0.577. The standard InChI is InChI=1S/C26H23N3O/c1-19(2)26(30)27-18-23-28-24(20-12-6-3-7-13-20)25(21-14-8-4-9-15-21)29(23)22-16-10-5-11-17-22/h3-17H,1,18H2,2H3,(H,27,30). The number of rotatable bonds is 6. The van der Waals surface area contributed by atoms with Crippen molar-refractivity contribution in [3.05, 3.63) is 109 Å². The third-order valence-corrected chi connectivity index (χ3v) is 4.85. The molecular weight excluding hydrogens is 370 g/mol. The number of nitrogens with one attached hydrogen (secondary N) is 1. The monoisotopic (exact) mass is 393 g/mol. The molecule has 1 heterocycles. The molecule has 0 aliphatic carbocycles. The average molecular weight is 393 g/mol. The van der Waals surface area contributed by atoms with Crippen LogP contribution >= 0.6 is 0 Å². The van der Waals surface area contributed by atoms with E-state index in [1.807, 2.05) is 66.7 Å². The molecule has 0 aliphatic rings. The normalized spacial score (nSPS) is 10.6. The first kappa shape index (κ1) is 19.4. The summed E-state index contributed by atoms with van der Waals surface area (Å²) in [5, 5.41) is 2.93. The molecule has 0 fully saturated rings. The molecule has 4 aromatic rings. The molecule has 0 saturated carbocycles. The van der Waals surface area contributed by atoms with Gasteiger partial charge in [-0.1, -0.05) is 85.4 Å². The number of nitrogens with zero attached hydrogens (tertiary/aromatic N) is 2. The van der Waals surface area contributed by atoms with E-state index < -0.39 is 0 Å². The van der Waals surface area contributed by atoms with Gasteiger partial charge in [0.15, 0.2) is 0 Å². The van der Waals surface area contributed by atoms with Gasteiger partial charge in [-0.15, -0.1) is 0 Å². The Morgan fingerprint density at radius 3 is 1.97 bits per heavy atom. The quantitative estimate of drug-likeness (QED) is 0.446. The number of carbonyl (C=O) groups is 1. The molecule has 0 bridgehead atoms. The molecule has 1 amide bonds. The Morgan fingerprint density at radius 1 is 0.867 bits per heavy atom. The SMILES string of the molecule is C=C(C)C(=O)NCc1nc(-c2ccccc2)c(-c2ccccc2)n1-c1ccccc1. The Kier molecular flexibility index (Phi) is 5.57. The maximum atomic E-state index is 12.1. The number of imidazole rings is 1. The second-order valence-electron chi connectivity index (χ2n) is 7.09. The highest BCUT2D eigenvalue weighted by Gasteiger charge is 2.21. The third-order valence-electron chi connectivity index (χ3n) is 4.85. The second kappa shape index (κ2) is 8.62. The van der Waals surface area contributed by atoms with Crippen molar-refractivity contribution in [2.45, 2.75) is 13.5 Å². The number of benzene rings is 3. The van der Waals surface area contributed by atoms with Gasteiger partial charge in [0, 0.05) is 22.4 Å². The van der Waals surface area contributed by atoms with Crippen LogP contribution < -0.4 is 5.32 Å². The smallest absolute Gasteiger partial charge is 0.246 e. The zero-order valence-corrected chi connectivity index (χ0v) is 16.9. The zero-order valence-electron chi connectivity index (χ0n) is 16.9. The van der Waals surface area contributed by atoms with Crippen molar-refractivity contribution in [3.8, 4) is 28.2 Å². The topological polar surface area (TPSA) is 46.9 Å². The summed E-state index contributed by atoms with van der Waals surface area (Å²) in [6.45, 7) is 5.72. The second-order valence-corrected chi connectivity index (χ2v) is 7.09. The third kappa shape index (κ3) is 3.94. The van der Waals surface area contributed by atoms with Gasteiger partial charge in [0.1, 0.15) is 5.82 Å². The zero-order chi connectivity index (χ0) is 20.9. The summed E-state index contributed by atoms with van der Waals surface area (Å²) in [4.78, 5) is 17.1. The Balaban J connectivity index is 1.95. The van der Waals surface area contributed by atoms with Crippen LogP contribution in [0, 0.1) is 0 Å². The summed E-state index contributed by atoms with van der Waals surface area (Å²) >= 11 is 0. The first-order chi connectivity index (χ1) is 14.6. The van der Waals surface area contributed by atoms with Gasteiger partial charge < -0.3 is 5.32 Å². The van der Waals surface area contributed by atoms with Crippen LogP contribution in [0.2, 0.25) is 0 Å². The van der Waals surface area contributed by atoms with Gasteiger partial charge in [-0.05, 0) is 19.1 Å². The van der Waals surface area contributed by atoms with Crippen LogP contribution in [0.15, 0.2) is 103 Å². The van der Waals surface area contributed by atoms with E-state index in [2.05, 4.69) is 40.7 Å². The Hall–Kier alpha value is -3.92. The van der Waals surface area contributed by atoms with Gasteiger partial charge in [-0.3, -0.25) is 9.36 Å². The predicted octanol–water partition coefficient (Wildman–Crippen LogP) is 5.40. The lowest BCUT2D eigenvalue weighted by Crippen LogP contribution is -2.24. The van der Waals surface area contributed by atoms with Gasteiger partial charge in [0.2, 0.25) is 5.91 Å². The minimum absolute atomic E-state index is 0.180. The van der Waals surface area contributed by atoms with E-state index >= 15 is 0 Å². The first-order valence-electron chi connectivity index (χ1n) is 9.86. The minimum Gasteiger partial charge on any atom is -0.345 e. The number of hydrogen-bond acceptors (Lipinski definition) is 2. The van der Waals surface area contributed by atoms with Crippen molar-refractivity contribution in [3.63, 3.8) is 0 Å². The molecule has 1 N–H and O–H groups in total. The van der Waals surface area contributed by atoms with Crippen molar-refractivity contribution >= 4 is 5.91 Å². The van der Waals surface area contributed by atoms with Crippen LogP contribution in [0.5, 0.6) is 0 Å². The van der Waals surface area contributed by atoms with E-state index in [1.54, 1.807) is 6.92 Å². The highest BCUT2D eigenvalue weighted by atomic mass is 16.1. The molecular formula is C26H23N3O. The number of aromatic nitrogens is 2. The average Bonchev–Trinajstić information content (AvgIpc) is 3.18. The molecule has 4 heteroatoms. The van der Waals surface area contributed by atoms with E-state index in [-0.39, 0.29) is 5.91 Å². The van der Waals surface area contributed by atoms with E-state index in [0.29, 0.717) is 12.1 Å². The molecule has 1 aromatic heterocycles. The van der Waals surface area contributed by atoms with Crippen molar-refractivity contribution < 1.29 is 4.79 Å². The summed E-state index contributed by atoms with van der Waals surface area (Å²) in [6, 6.07) is 30.4. The van der Waals surface area contributed by atoms with Gasteiger partial charge in [0.05, 0.1) is 17.9 Å². The van der Waals surface area contributed by atoms with E-state index in [0.717, 1.165) is 34.0 Å². The van der Waals surface area contributed by atoms with Crippen LogP contribution in [0.4, 0.5) is 0 Å². The Labute approximate surface area is 176 Å². The van der Waals surface area contributed by atoms with Crippen molar-refractivity contribution in [2.75, 3.05) is 0 Å². The lowest BCUT2D eigenvalue weighted by Gasteiger charge is -2.14. The molecule has 0 radical (unpaired) electrons. The lowest BCUT2D eigenvalue weighted by molar-refractivity contribution is -0.117. The molecule has 0 atom stereocenters. The van der Waals surface area contributed by atoms with Gasteiger partial charge in [0.25, 0.3) is 0 Å². The fourth-order valence-corrected chi connectivity index (χ4v) is 3.41. The van der Waals surface area contributed by atoms with Crippen LogP contribution in [0.25, 0.3) is 28.2 Å². The van der Waals surface area contributed by atoms with E-state index in [1.165, 1.54) is 0 Å². The summed E-state index contributed by atoms with van der Waals surface area (Å²) in [7, 11) is 0. The molecule has 4 rings (SSSR count). The molecule has 0 aliphatic heterocycles. The molecule has 0 unspecified atom stereocenters. The number of para-hydroxylation sites is 1. The Morgan fingerprint density at radius 2 is 1.40 bits per heavy atom. The number of amides is 1. The van der Waals surface area contributed by atoms with Crippen LogP contribution in [0.1, 0.15) is 12.7 Å². The van der Waals surface area contributed by atoms with Crippen LogP contribution in [0.3, 0.4) is 0 Å². The highest BCUT2D eigenvalue weighted by molar-refractivity contribution is 5.92. The highest BCUT2D eigenvalue weighted by Crippen LogP contribution is 2.35. The summed E-state index contributed by atoms with van der Waals surface area (Å²) in [5.41, 5.74) is 5.42. The maximum Gasteiger partial charge on any atom is 0.246 e.